The van der Waals surface area contributed by atoms with Crippen molar-refractivity contribution in [3.8, 4) is 0 Å². The predicted molar refractivity (Wildman–Crippen MR) is 36.7 cm³/mol. The second kappa shape index (κ2) is 5.35. The van der Waals surface area contributed by atoms with Gasteiger partial charge in [-0.15, -0.1) is 0 Å². The highest BCUT2D eigenvalue weighted by Crippen LogP contribution is 1.89. The summed E-state index contributed by atoms with van der Waals surface area (Å²) in [5.74, 6) is -1.45. The van der Waals surface area contributed by atoms with Gasteiger partial charge in [-0.2, -0.15) is 0 Å². The molecule has 0 spiro atoms. The summed E-state index contributed by atoms with van der Waals surface area (Å²) >= 11 is 0. The van der Waals surface area contributed by atoms with Crippen molar-refractivity contribution in [1.82, 2.24) is 0 Å². The van der Waals surface area contributed by atoms with Crippen molar-refractivity contribution < 1.29 is 10.4 Å². The van der Waals surface area contributed by atoms with Crippen molar-refractivity contribution in [2.75, 3.05) is 0 Å². The molecule has 0 saturated carbocycles. The van der Waals surface area contributed by atoms with Gasteiger partial charge in [0.1, 0.15) is 0 Å². The molecule has 0 aliphatic heterocycles. The van der Waals surface area contributed by atoms with E-state index >= 15 is 0 Å². The molecule has 0 aromatic carbocycles. The molecule has 62 valence electrons. The van der Waals surface area contributed by atoms with Crippen LogP contribution in [0, 0.1) is 0 Å². The van der Waals surface area contributed by atoms with Crippen LogP contribution in [-0.4, -0.2) is 22.1 Å². The van der Waals surface area contributed by atoms with Crippen LogP contribution in [0.15, 0.2) is 20.5 Å². The van der Waals surface area contributed by atoms with E-state index in [1.54, 1.807) is 0 Å². The van der Waals surface area contributed by atoms with E-state index in [0.29, 0.717) is 0 Å². The van der Waals surface area contributed by atoms with Crippen LogP contribution < -0.4 is 0 Å². The van der Waals surface area contributed by atoms with Gasteiger partial charge in [0.25, 0.3) is 0 Å². The molecule has 0 saturated heterocycles. The minimum Gasteiger partial charge on any atom is -0.410 e. The molecule has 0 radical (unpaired) electrons. The van der Waals surface area contributed by atoms with Gasteiger partial charge in [0.2, 0.25) is 0 Å². The quantitative estimate of drug-likeness (QED) is 0.106. The number of azide groups is 2. The molecule has 0 bridgehead atoms. The number of oxime groups is 2. The Balaban J connectivity index is 4.96. The van der Waals surface area contributed by atoms with Gasteiger partial charge >= 0.3 is 0 Å². The Morgan fingerprint density at radius 3 is 1.42 bits per heavy atom. The maximum Gasteiger partial charge on any atom is 0.197 e. The summed E-state index contributed by atoms with van der Waals surface area (Å²) in [4.78, 5) is 4.43. The van der Waals surface area contributed by atoms with E-state index in [0.717, 1.165) is 0 Å². The Bertz CT molecular complexity index is 271. The fourth-order valence-corrected chi connectivity index (χ4v) is 0.304. The van der Waals surface area contributed by atoms with Crippen molar-refractivity contribution in [3.05, 3.63) is 20.9 Å². The van der Waals surface area contributed by atoms with Crippen molar-refractivity contribution in [2.45, 2.75) is 0 Å². The minimum absolute atomic E-state index is 0.724. The topological polar surface area (TPSA) is 163 Å². The third-order valence-corrected chi connectivity index (χ3v) is 0.668. The van der Waals surface area contributed by atoms with Gasteiger partial charge in [0, 0.05) is 9.82 Å². The lowest BCUT2D eigenvalue weighted by Gasteiger charge is -1.89. The number of amidine groups is 2. The number of hydrogen-bond acceptors (Lipinski definition) is 4. The van der Waals surface area contributed by atoms with Gasteiger partial charge in [-0.05, 0) is 21.3 Å². The van der Waals surface area contributed by atoms with Crippen molar-refractivity contribution in [1.29, 1.82) is 0 Å². The van der Waals surface area contributed by atoms with Gasteiger partial charge in [-0.3, -0.25) is 0 Å². The smallest absolute Gasteiger partial charge is 0.197 e. The molecule has 10 nitrogen and oxygen atoms in total. The highest BCUT2D eigenvalue weighted by atomic mass is 16.4. The van der Waals surface area contributed by atoms with E-state index in [4.69, 9.17) is 21.5 Å². The van der Waals surface area contributed by atoms with Crippen molar-refractivity contribution in [2.24, 2.45) is 20.5 Å². The standard InChI is InChI=1S/C2H2N8O2/c3-9-5-1(7-11)2(8-12)6-10-4/h11-12H. The normalized spacial score (nSPS) is 11.3. The third-order valence-electron chi connectivity index (χ3n) is 0.668. The van der Waals surface area contributed by atoms with Crippen LogP contribution in [0.2, 0.25) is 0 Å². The van der Waals surface area contributed by atoms with Crippen molar-refractivity contribution in [3.63, 3.8) is 0 Å². The Kier molecular flexibility index (Phi) is 4.26. The van der Waals surface area contributed by atoms with E-state index in [1.165, 1.54) is 0 Å². The van der Waals surface area contributed by atoms with Crippen LogP contribution in [-0.2, 0) is 0 Å². The Labute approximate surface area is 64.7 Å². The average molecular weight is 170 g/mol. The summed E-state index contributed by atoms with van der Waals surface area (Å²) < 4.78 is 0. The lowest BCUT2D eigenvalue weighted by Crippen LogP contribution is -2.07. The lowest BCUT2D eigenvalue weighted by molar-refractivity contribution is 0.313. The van der Waals surface area contributed by atoms with Crippen LogP contribution in [0.4, 0.5) is 0 Å². The Morgan fingerprint density at radius 1 is 0.917 bits per heavy atom. The number of hydrogen-bond donors (Lipinski definition) is 2. The summed E-state index contributed by atoms with van der Waals surface area (Å²) in [5, 5.41) is 26.6. The van der Waals surface area contributed by atoms with Gasteiger partial charge in [-0.1, -0.05) is 10.3 Å². The predicted octanol–water partition coefficient (Wildman–Crippen LogP) is 1.18. The van der Waals surface area contributed by atoms with Crippen LogP contribution in [0.1, 0.15) is 0 Å². The van der Waals surface area contributed by atoms with Crippen LogP contribution in [0.25, 0.3) is 20.9 Å². The van der Waals surface area contributed by atoms with E-state index in [1.807, 2.05) is 0 Å². The summed E-state index contributed by atoms with van der Waals surface area (Å²) in [6.07, 6.45) is 0. The maximum absolute atomic E-state index is 8.13. The monoisotopic (exact) mass is 170 g/mol. The molecule has 0 unspecified atom stereocenters. The zero-order chi connectivity index (χ0) is 9.40. The molecule has 0 aromatic heterocycles. The van der Waals surface area contributed by atoms with Crippen molar-refractivity contribution >= 4 is 11.7 Å². The summed E-state index contributed by atoms with van der Waals surface area (Å²) in [6.45, 7) is 0. The molecule has 0 aliphatic rings. The second-order valence-electron chi connectivity index (χ2n) is 1.23. The molecule has 0 fully saturated rings. The molecule has 10 heteroatoms. The Morgan fingerprint density at radius 2 is 1.25 bits per heavy atom. The molecule has 2 N–H and O–H groups in total. The fourth-order valence-electron chi connectivity index (χ4n) is 0.304. The first kappa shape index (κ1) is 9.56. The zero-order valence-corrected chi connectivity index (χ0v) is 5.47. The largest absolute Gasteiger partial charge is 0.410 e. The average Bonchev–Trinajstić information content (AvgIpc) is 2.11. The fraction of sp³-hybridized carbons (Fsp3) is 0. The lowest BCUT2D eigenvalue weighted by atomic mass is 10.6. The van der Waals surface area contributed by atoms with Gasteiger partial charge < -0.3 is 10.4 Å². The second-order valence-corrected chi connectivity index (χ2v) is 1.23. The van der Waals surface area contributed by atoms with Crippen LogP contribution >= 0.6 is 0 Å². The summed E-state index contributed by atoms with van der Waals surface area (Å²) in [6, 6.07) is 0. The zero-order valence-electron chi connectivity index (χ0n) is 5.47. The first-order valence-electron chi connectivity index (χ1n) is 2.34. The molecule has 0 aromatic rings. The van der Waals surface area contributed by atoms with Crippen LogP contribution in [0.5, 0.6) is 0 Å². The SMILES string of the molecule is [N-]=[N+]=NC(=NO)C(N=[N+]=[N-])=NO. The summed E-state index contributed by atoms with van der Waals surface area (Å²) in [5.41, 5.74) is 15.8. The molecular weight excluding hydrogens is 168 g/mol. The molecule has 0 atom stereocenters. The highest BCUT2D eigenvalue weighted by Gasteiger charge is 2.05. The summed E-state index contributed by atoms with van der Waals surface area (Å²) in [7, 11) is 0. The molecular formula is C2H2N8O2. The first-order chi connectivity index (χ1) is 5.79. The molecule has 0 aliphatic carbocycles. The van der Waals surface area contributed by atoms with Gasteiger partial charge in [0.15, 0.2) is 11.7 Å². The van der Waals surface area contributed by atoms with Gasteiger partial charge in [0.05, 0.1) is 0 Å². The van der Waals surface area contributed by atoms with Gasteiger partial charge in [-0.25, -0.2) is 0 Å². The van der Waals surface area contributed by atoms with E-state index in [2.05, 4.69) is 30.4 Å². The molecule has 0 heterocycles. The Hall–Kier alpha value is -2.44. The number of rotatable bonds is 0. The highest BCUT2D eigenvalue weighted by molar-refractivity contribution is 6.40. The number of nitrogens with zero attached hydrogens (tertiary/aromatic N) is 8. The van der Waals surface area contributed by atoms with Crippen LogP contribution in [0.3, 0.4) is 0 Å². The maximum atomic E-state index is 8.13. The van der Waals surface area contributed by atoms with E-state index in [9.17, 15) is 0 Å². The minimum atomic E-state index is -0.724. The molecule has 0 amide bonds. The molecule has 12 heavy (non-hydrogen) atoms. The van der Waals surface area contributed by atoms with E-state index < -0.39 is 11.7 Å². The molecule has 0 rings (SSSR count). The third kappa shape index (κ3) is 2.43. The first-order valence-corrected chi connectivity index (χ1v) is 2.34. The van der Waals surface area contributed by atoms with E-state index in [-0.39, 0.29) is 0 Å².